The number of nitrogens with zero attached hydrogens (tertiary/aromatic N) is 3. The molecule has 7 fully saturated rings. The van der Waals surface area contributed by atoms with E-state index in [0.717, 1.165) is 133 Å². The van der Waals surface area contributed by atoms with Crippen molar-refractivity contribution < 1.29 is 62.3 Å². The molecule has 0 aliphatic carbocycles. The summed E-state index contributed by atoms with van der Waals surface area (Å²) < 4.78 is 35.7. The van der Waals surface area contributed by atoms with Crippen LogP contribution in [0.25, 0.3) is 0 Å². The topological polar surface area (TPSA) is 218 Å². The Kier molecular flexibility index (Phi) is 30.4. The van der Waals surface area contributed by atoms with E-state index in [9.17, 15) is 29.4 Å². The molecule has 0 bridgehead atoms. The number of ether oxygens (including phenoxy) is 2. The SMILES string of the molecule is CCOC(=O)N1CCC[C@@H]1C(O)(c1ccccc1)c1ccccc1.COC(=O)[C@H]1CCCN1C(C)=O.Cc1ccccc1B1OB(c2ccccc2C)OB(c2ccccc2C)O1.Cc1ccccc1B1OC(c2ccccc2)(c2ccccc2)[C@H]2CCCN12.O=C(O)[C@H]1CCCN1.OC(c1ccccc1)(c1ccccc1)[C@H]1CCCN1. The number of aliphatic hydroxyl groups is 2. The minimum Gasteiger partial charge on any atom is -0.480 e. The number of aryl methyl sites for hydroxylation is 4. The zero-order valence-corrected chi connectivity index (χ0v) is 68.3. The average Bonchev–Trinajstić information content (AvgIpc) is 1.56. The van der Waals surface area contributed by atoms with Crippen molar-refractivity contribution in [2.24, 2.45) is 0 Å². The summed E-state index contributed by atoms with van der Waals surface area (Å²) in [7, 11) is -0.129. The molecular formula is C95H109B4N5O13. The fraction of sp³-hybridized carbons (Fsp3) is 0.326. The third-order valence-electron chi connectivity index (χ3n) is 23.4. The van der Waals surface area contributed by atoms with Crippen LogP contribution in [0.1, 0.15) is 134 Å². The second kappa shape index (κ2) is 41.3. The van der Waals surface area contributed by atoms with Crippen LogP contribution >= 0.6 is 0 Å². The lowest BCUT2D eigenvalue weighted by atomic mass is 9.60. The van der Waals surface area contributed by atoms with Crippen LogP contribution in [0.3, 0.4) is 0 Å². The second-order valence-electron chi connectivity index (χ2n) is 30.7. The largest absolute Gasteiger partial charge is 0.480 e. The standard InChI is InChI=1S/C24H24BNO.C21H21B3O3.C20H23NO3.C17H19NO.C8H13NO3.C5H9NO2/c1-19-11-8-9-16-22(19)25-26-18-10-17-23(26)24(27-25,20-12-4-2-5-13-20)21-14-6-3-7-15-21;1-16-10-4-7-13-19(16)22-25-23(20-14-8-5-11-17(20)2)27-24(26-22)21-15-9-6-12-18(21)3;1-2-24-19(22)21-15-9-14-18(21)20(23,16-10-5-3-6-11-16)17-12-7-4-8-13-17;19-17(16-12-7-13-18-16,14-8-3-1-4-9-14)15-10-5-2-6-11-15;1-6(10)9-5-3-4-7(9)8(11)12-2;7-5(8)4-2-1-3-6-4/h2-9,11-16,23H,10,17-18H2,1H3;4-15H,1-3H3;3-8,10-13,18,23H,2,9,14-15H2,1H3;1-6,8-11,16,18-19H,7,12-13H2;7H,3-5H2,1-2H3;4,6H,1-3H2,(H,7,8)/t23-;;18-;16-;7-;4-/m1.1111/s1. The third kappa shape index (κ3) is 20.2. The molecule has 2 amide bonds. The van der Waals surface area contributed by atoms with E-state index in [1.807, 2.05) is 158 Å². The number of amides is 2. The van der Waals surface area contributed by atoms with Crippen molar-refractivity contribution >= 4 is 74.2 Å². The van der Waals surface area contributed by atoms with Gasteiger partial charge in [-0.3, -0.25) is 9.59 Å². The molecule has 10 aromatic carbocycles. The first-order valence-corrected chi connectivity index (χ1v) is 41.3. The van der Waals surface area contributed by atoms with Crippen molar-refractivity contribution in [3.8, 4) is 0 Å². The quantitative estimate of drug-likeness (QED) is 0.0476. The molecule has 22 heteroatoms. The molecule has 18 nitrogen and oxygen atoms in total. The smallest absolute Gasteiger partial charge is 0.467 e. The van der Waals surface area contributed by atoms with E-state index < -0.39 is 44.1 Å². The van der Waals surface area contributed by atoms with Crippen LogP contribution in [0, 0.1) is 27.7 Å². The van der Waals surface area contributed by atoms with Crippen LogP contribution in [-0.2, 0) is 59.0 Å². The number of likely N-dealkylation sites (tertiary alicyclic amines) is 2. The van der Waals surface area contributed by atoms with E-state index in [1.165, 1.54) is 42.6 Å². The predicted octanol–water partition coefficient (Wildman–Crippen LogP) is 12.5. The zero-order chi connectivity index (χ0) is 82.3. The highest BCUT2D eigenvalue weighted by Gasteiger charge is 2.59. The molecule has 0 aromatic heterocycles. The molecule has 0 saturated carbocycles. The van der Waals surface area contributed by atoms with E-state index in [2.05, 4.69) is 169 Å². The maximum Gasteiger partial charge on any atom is 0.467 e. The van der Waals surface area contributed by atoms with Crippen molar-refractivity contribution in [1.82, 2.24) is 25.2 Å². The van der Waals surface area contributed by atoms with Crippen molar-refractivity contribution in [3.05, 3.63) is 335 Å². The van der Waals surface area contributed by atoms with Gasteiger partial charge in [0.05, 0.1) is 19.8 Å². The number of aliphatic carboxylic acids is 1. The average molecular weight is 1570 g/mol. The Hall–Kier alpha value is -10.2. The van der Waals surface area contributed by atoms with Crippen molar-refractivity contribution in [2.75, 3.05) is 46.4 Å². The van der Waals surface area contributed by atoms with E-state index >= 15 is 0 Å². The summed E-state index contributed by atoms with van der Waals surface area (Å²) >= 11 is 0. The van der Waals surface area contributed by atoms with Gasteiger partial charge in [0.25, 0.3) is 0 Å². The van der Waals surface area contributed by atoms with Gasteiger partial charge in [-0.15, -0.1) is 0 Å². The molecule has 7 aliphatic rings. The molecule has 7 saturated heterocycles. The summed E-state index contributed by atoms with van der Waals surface area (Å²) in [5.41, 5.74) is 12.4. The highest BCUT2D eigenvalue weighted by atomic mass is 16.7. The van der Waals surface area contributed by atoms with E-state index in [0.29, 0.717) is 25.7 Å². The van der Waals surface area contributed by atoms with Gasteiger partial charge in [0.1, 0.15) is 28.9 Å². The normalized spacial score (nSPS) is 19.3. The van der Waals surface area contributed by atoms with Crippen molar-refractivity contribution in [2.45, 2.75) is 153 Å². The van der Waals surface area contributed by atoms with E-state index in [4.69, 9.17) is 28.2 Å². The molecule has 0 unspecified atom stereocenters. The highest BCUT2D eigenvalue weighted by Crippen LogP contribution is 2.49. The molecule has 17 rings (SSSR count). The van der Waals surface area contributed by atoms with Crippen LogP contribution in [0.4, 0.5) is 4.79 Å². The molecular weight excluding hydrogens is 1460 g/mol. The molecule has 5 N–H and O–H groups in total. The number of fused-ring (bicyclic) bond motifs is 1. The van der Waals surface area contributed by atoms with E-state index in [-0.39, 0.29) is 49.2 Å². The van der Waals surface area contributed by atoms with Gasteiger partial charge in [0, 0.05) is 32.1 Å². The highest BCUT2D eigenvalue weighted by molar-refractivity contribution is 6.87. The fourth-order valence-corrected chi connectivity index (χ4v) is 17.4. The Morgan fingerprint density at radius 1 is 0.462 bits per heavy atom. The number of methoxy groups -OCH3 is 1. The first-order chi connectivity index (χ1) is 56.9. The Morgan fingerprint density at radius 2 is 0.846 bits per heavy atom. The summed E-state index contributed by atoms with van der Waals surface area (Å²) in [5, 5.41) is 37.8. The number of esters is 1. The lowest BCUT2D eigenvalue weighted by Crippen LogP contribution is -2.62. The van der Waals surface area contributed by atoms with Crippen LogP contribution < -0.4 is 32.5 Å². The van der Waals surface area contributed by atoms with Crippen molar-refractivity contribution in [1.29, 1.82) is 0 Å². The van der Waals surface area contributed by atoms with Gasteiger partial charge in [-0.05, 0) is 174 Å². The number of carbonyl (C=O) groups is 4. The number of hydrogen-bond donors (Lipinski definition) is 5. The van der Waals surface area contributed by atoms with Gasteiger partial charge in [0.2, 0.25) is 5.91 Å². The van der Waals surface area contributed by atoms with Crippen LogP contribution in [0.15, 0.2) is 279 Å². The van der Waals surface area contributed by atoms with Crippen molar-refractivity contribution in [3.63, 3.8) is 0 Å². The lowest BCUT2D eigenvalue weighted by Gasteiger charge is -2.39. The Balaban J connectivity index is 0.000000134. The molecule has 10 aromatic rings. The molecule has 0 spiro atoms. The Labute approximate surface area is 691 Å². The Morgan fingerprint density at radius 3 is 1.23 bits per heavy atom. The predicted molar refractivity (Wildman–Crippen MR) is 465 cm³/mol. The number of carboxylic acid groups (broad SMARTS) is 1. The molecule has 0 radical (unpaired) electrons. The molecule has 7 aliphatic heterocycles. The van der Waals surface area contributed by atoms with Gasteiger partial charge in [-0.1, -0.05) is 301 Å². The van der Waals surface area contributed by atoms with Crippen LogP contribution in [-0.4, -0.2) is 159 Å². The van der Waals surface area contributed by atoms with Crippen LogP contribution in [0.2, 0.25) is 0 Å². The Bertz CT molecular complexity index is 4560. The molecule has 604 valence electrons. The first kappa shape index (κ1) is 86.1. The molecule has 5 atom stereocenters. The lowest BCUT2D eigenvalue weighted by molar-refractivity contribution is -0.150. The summed E-state index contributed by atoms with van der Waals surface area (Å²) in [5.74, 6) is -1.08. The monoisotopic (exact) mass is 1570 g/mol. The third-order valence-corrected chi connectivity index (χ3v) is 23.4. The molecule has 117 heavy (non-hydrogen) atoms. The minimum absolute atomic E-state index is 0.000822. The van der Waals surface area contributed by atoms with Gasteiger partial charge < -0.3 is 68.4 Å². The maximum atomic E-state index is 12.4. The van der Waals surface area contributed by atoms with Gasteiger partial charge >= 0.3 is 46.4 Å². The van der Waals surface area contributed by atoms with Gasteiger partial charge in [0.15, 0.2) is 0 Å². The summed E-state index contributed by atoms with van der Waals surface area (Å²) in [6, 6.07) is 93.2. The number of rotatable bonds is 15. The first-order valence-electron chi connectivity index (χ1n) is 41.3. The van der Waals surface area contributed by atoms with Gasteiger partial charge in [-0.25, -0.2) is 9.59 Å². The van der Waals surface area contributed by atoms with Crippen LogP contribution in [0.5, 0.6) is 0 Å². The second-order valence-corrected chi connectivity index (χ2v) is 30.7. The number of carbonyl (C=O) groups excluding carboxylic acids is 3. The van der Waals surface area contributed by atoms with Gasteiger partial charge in [-0.2, -0.15) is 0 Å². The summed E-state index contributed by atoms with van der Waals surface area (Å²) in [6.45, 7) is 16.2. The number of hydrogen-bond acceptors (Lipinski definition) is 15. The minimum atomic E-state index is -1.26. The zero-order valence-electron chi connectivity index (χ0n) is 68.3. The molecule has 7 heterocycles. The fourth-order valence-electron chi connectivity index (χ4n) is 17.4. The summed E-state index contributed by atoms with van der Waals surface area (Å²) in [6.07, 6.45) is 9.13. The van der Waals surface area contributed by atoms with E-state index in [1.54, 1.807) is 16.7 Å². The number of carboxylic acids is 1. The summed E-state index contributed by atoms with van der Waals surface area (Å²) in [4.78, 5) is 50.4. The number of nitrogens with one attached hydrogen (secondary N) is 2. The number of benzene rings is 10. The maximum absolute atomic E-state index is 12.4.